The van der Waals surface area contributed by atoms with Crippen molar-refractivity contribution < 1.29 is 4.74 Å². The van der Waals surface area contributed by atoms with Crippen LogP contribution in [0.4, 0.5) is 0 Å². The van der Waals surface area contributed by atoms with E-state index in [1.54, 1.807) is 0 Å². The van der Waals surface area contributed by atoms with E-state index in [1.807, 2.05) is 18.2 Å². The lowest BCUT2D eigenvalue weighted by Gasteiger charge is -2.28. The molecule has 13 heavy (non-hydrogen) atoms. The van der Waals surface area contributed by atoms with Crippen LogP contribution in [0, 0.1) is 0 Å². The van der Waals surface area contributed by atoms with Crippen LogP contribution in [0.25, 0.3) is 0 Å². The van der Waals surface area contributed by atoms with Gasteiger partial charge in [0.2, 0.25) is 0 Å². The maximum Gasteiger partial charge on any atom is 0.139 e. The maximum absolute atomic E-state index is 6.03. The van der Waals surface area contributed by atoms with E-state index in [0.29, 0.717) is 5.02 Å². The lowest BCUT2D eigenvalue weighted by atomic mass is 10.2. The second-order valence-corrected chi connectivity index (χ2v) is 4.18. The Balaban J connectivity index is 2.14. The number of hydrogen-bond donors (Lipinski definition) is 1. The summed E-state index contributed by atoms with van der Waals surface area (Å²) in [5.41, 5.74) is 0. The highest BCUT2D eigenvalue weighted by Gasteiger charge is 2.19. The summed E-state index contributed by atoms with van der Waals surface area (Å²) in [4.78, 5) is 0. The van der Waals surface area contributed by atoms with Gasteiger partial charge >= 0.3 is 0 Å². The van der Waals surface area contributed by atoms with E-state index in [2.05, 4.69) is 21.2 Å². The molecule has 1 N–H and O–H groups in total. The van der Waals surface area contributed by atoms with Gasteiger partial charge in [-0.2, -0.15) is 0 Å². The summed E-state index contributed by atoms with van der Waals surface area (Å²) >= 11 is 9.37. The van der Waals surface area contributed by atoms with Gasteiger partial charge in [-0.15, -0.1) is 0 Å². The average Bonchev–Trinajstić information content (AvgIpc) is 2.04. The highest BCUT2D eigenvalue weighted by atomic mass is 79.9. The highest BCUT2D eigenvalue weighted by molar-refractivity contribution is 9.10. The minimum Gasteiger partial charge on any atom is -0.486 e. The van der Waals surface area contributed by atoms with Crippen LogP contribution in [0.5, 0.6) is 5.75 Å². The minimum absolute atomic E-state index is 0.270. The first kappa shape index (κ1) is 9.31. The summed E-state index contributed by atoms with van der Waals surface area (Å²) in [7, 11) is 0. The van der Waals surface area contributed by atoms with Gasteiger partial charge in [0.05, 0.1) is 5.02 Å². The fraction of sp³-hybridized carbons (Fsp3) is 0.333. The second-order valence-electron chi connectivity index (χ2n) is 2.95. The lowest BCUT2D eigenvalue weighted by molar-refractivity contribution is 0.142. The lowest BCUT2D eigenvalue weighted by Crippen LogP contribution is -2.50. The van der Waals surface area contributed by atoms with Crippen LogP contribution >= 0.6 is 27.5 Å². The van der Waals surface area contributed by atoms with Crippen molar-refractivity contribution >= 4 is 27.5 Å². The molecule has 1 saturated heterocycles. The topological polar surface area (TPSA) is 21.3 Å². The highest BCUT2D eigenvalue weighted by Crippen LogP contribution is 2.32. The van der Waals surface area contributed by atoms with Gasteiger partial charge in [-0.05, 0) is 28.1 Å². The van der Waals surface area contributed by atoms with E-state index < -0.39 is 0 Å². The van der Waals surface area contributed by atoms with Crippen LogP contribution in [-0.2, 0) is 0 Å². The van der Waals surface area contributed by atoms with Crippen LogP contribution < -0.4 is 10.1 Å². The molecule has 0 spiro atoms. The van der Waals surface area contributed by atoms with E-state index in [9.17, 15) is 0 Å². The number of nitrogens with one attached hydrogen (secondary N) is 1. The van der Waals surface area contributed by atoms with E-state index in [-0.39, 0.29) is 6.10 Å². The first-order chi connectivity index (χ1) is 6.27. The first-order valence-corrected chi connectivity index (χ1v) is 5.26. The summed E-state index contributed by atoms with van der Waals surface area (Å²) < 4.78 is 6.51. The number of ether oxygens (including phenoxy) is 1. The van der Waals surface area contributed by atoms with Crippen molar-refractivity contribution in [3.05, 3.63) is 27.7 Å². The molecule has 0 saturated carbocycles. The van der Waals surface area contributed by atoms with Crippen molar-refractivity contribution in [2.24, 2.45) is 0 Å². The molecular formula is C9H9BrClNO. The molecule has 1 aromatic rings. The molecule has 1 heterocycles. The van der Waals surface area contributed by atoms with Crippen molar-refractivity contribution in [2.75, 3.05) is 13.1 Å². The third-order valence-corrected chi connectivity index (χ3v) is 3.23. The standard InChI is InChI=1S/C9H9BrClNO/c10-7-2-1-3-8(9(7)11)13-6-4-12-5-6/h1-3,6,12H,4-5H2. The van der Waals surface area contributed by atoms with E-state index in [1.165, 1.54) is 0 Å². The Hall–Kier alpha value is -0.250. The quantitative estimate of drug-likeness (QED) is 0.884. The Morgan fingerprint density at radius 2 is 2.23 bits per heavy atom. The molecule has 0 unspecified atom stereocenters. The van der Waals surface area contributed by atoms with Gasteiger partial charge < -0.3 is 10.1 Å². The number of benzene rings is 1. The van der Waals surface area contributed by atoms with Gasteiger partial charge in [0.15, 0.2) is 0 Å². The third-order valence-electron chi connectivity index (χ3n) is 1.95. The molecule has 0 radical (unpaired) electrons. The van der Waals surface area contributed by atoms with Crippen LogP contribution in [0.15, 0.2) is 22.7 Å². The van der Waals surface area contributed by atoms with Crippen LogP contribution in [0.1, 0.15) is 0 Å². The van der Waals surface area contributed by atoms with Gasteiger partial charge in [-0.25, -0.2) is 0 Å². The number of rotatable bonds is 2. The summed E-state index contributed by atoms with van der Waals surface area (Å²) in [6.45, 7) is 1.81. The molecule has 2 nitrogen and oxygen atoms in total. The van der Waals surface area contributed by atoms with Gasteiger partial charge in [-0.1, -0.05) is 17.7 Å². The zero-order valence-electron chi connectivity index (χ0n) is 6.89. The Morgan fingerprint density at radius 3 is 2.85 bits per heavy atom. The van der Waals surface area contributed by atoms with Gasteiger partial charge in [0.25, 0.3) is 0 Å². The normalized spacial score (nSPS) is 16.8. The molecule has 1 aliphatic rings. The fourth-order valence-electron chi connectivity index (χ4n) is 1.10. The van der Waals surface area contributed by atoms with Crippen LogP contribution in [0.2, 0.25) is 5.02 Å². The van der Waals surface area contributed by atoms with Crippen molar-refractivity contribution in [2.45, 2.75) is 6.10 Å². The summed E-state index contributed by atoms with van der Waals surface area (Å²) in [6.07, 6.45) is 0.270. The Bertz CT molecular complexity index is 314. The predicted molar refractivity (Wildman–Crippen MR) is 56.4 cm³/mol. The zero-order chi connectivity index (χ0) is 9.26. The fourth-order valence-corrected chi connectivity index (χ4v) is 1.62. The maximum atomic E-state index is 6.03. The third kappa shape index (κ3) is 1.98. The molecule has 4 heteroatoms. The largest absolute Gasteiger partial charge is 0.486 e. The number of halogens is 2. The molecular weight excluding hydrogens is 253 g/mol. The minimum atomic E-state index is 0.270. The van der Waals surface area contributed by atoms with E-state index in [0.717, 1.165) is 23.3 Å². The molecule has 2 rings (SSSR count). The average molecular weight is 263 g/mol. The van der Waals surface area contributed by atoms with Gasteiger partial charge in [0.1, 0.15) is 11.9 Å². The molecule has 0 bridgehead atoms. The summed E-state index contributed by atoms with van der Waals surface area (Å²) in [5.74, 6) is 0.752. The summed E-state index contributed by atoms with van der Waals surface area (Å²) in [5, 5.41) is 3.78. The van der Waals surface area contributed by atoms with Gasteiger partial charge in [0, 0.05) is 17.6 Å². The van der Waals surface area contributed by atoms with Gasteiger partial charge in [-0.3, -0.25) is 0 Å². The molecule has 0 aromatic heterocycles. The molecule has 0 amide bonds. The Kier molecular flexibility index (Phi) is 2.77. The van der Waals surface area contributed by atoms with Crippen molar-refractivity contribution in [1.82, 2.24) is 5.32 Å². The summed E-state index contributed by atoms with van der Waals surface area (Å²) in [6, 6.07) is 5.69. The Labute approximate surface area is 90.4 Å². The van der Waals surface area contributed by atoms with E-state index in [4.69, 9.17) is 16.3 Å². The zero-order valence-corrected chi connectivity index (χ0v) is 9.23. The molecule has 0 atom stereocenters. The van der Waals surface area contributed by atoms with Crippen molar-refractivity contribution in [3.8, 4) is 5.75 Å². The smallest absolute Gasteiger partial charge is 0.139 e. The predicted octanol–water partition coefficient (Wildman–Crippen LogP) is 2.45. The van der Waals surface area contributed by atoms with E-state index >= 15 is 0 Å². The van der Waals surface area contributed by atoms with Crippen LogP contribution in [-0.4, -0.2) is 19.2 Å². The molecule has 1 fully saturated rings. The van der Waals surface area contributed by atoms with Crippen molar-refractivity contribution in [3.63, 3.8) is 0 Å². The molecule has 0 aliphatic carbocycles. The monoisotopic (exact) mass is 261 g/mol. The molecule has 70 valence electrons. The van der Waals surface area contributed by atoms with Crippen molar-refractivity contribution in [1.29, 1.82) is 0 Å². The Morgan fingerprint density at radius 1 is 1.46 bits per heavy atom. The SMILES string of the molecule is Clc1c(Br)cccc1OC1CNC1. The second kappa shape index (κ2) is 3.86. The van der Waals surface area contributed by atoms with Crippen LogP contribution in [0.3, 0.4) is 0 Å². The first-order valence-electron chi connectivity index (χ1n) is 4.09. The molecule has 1 aromatic carbocycles. The number of hydrogen-bond acceptors (Lipinski definition) is 2. The molecule has 1 aliphatic heterocycles.